The molecular weight excluding hydrogens is 258 g/mol. The standard InChI is InChI=1S/C19H25NO/c1-15(2)18-9-7-17(8-10-18)14-20-11-12-21-19-6-4-5-16(3)13-19/h4-10,13,15,20H,11-12,14H2,1-3H3. The van der Waals surface area contributed by atoms with Gasteiger partial charge in [0.1, 0.15) is 12.4 Å². The summed E-state index contributed by atoms with van der Waals surface area (Å²) >= 11 is 0. The van der Waals surface area contributed by atoms with Gasteiger partial charge < -0.3 is 10.1 Å². The second-order valence-electron chi connectivity index (χ2n) is 5.74. The largest absolute Gasteiger partial charge is 0.492 e. The lowest BCUT2D eigenvalue weighted by molar-refractivity contribution is 0.313. The summed E-state index contributed by atoms with van der Waals surface area (Å²) in [6.45, 7) is 8.93. The van der Waals surface area contributed by atoms with E-state index in [1.54, 1.807) is 0 Å². The minimum absolute atomic E-state index is 0.592. The van der Waals surface area contributed by atoms with Crippen molar-refractivity contribution in [2.75, 3.05) is 13.2 Å². The first kappa shape index (κ1) is 15.6. The Labute approximate surface area is 128 Å². The Morgan fingerprint density at radius 3 is 2.48 bits per heavy atom. The summed E-state index contributed by atoms with van der Waals surface area (Å²) in [5, 5.41) is 3.41. The number of nitrogens with one attached hydrogen (secondary N) is 1. The summed E-state index contributed by atoms with van der Waals surface area (Å²) in [5.74, 6) is 1.54. The average molecular weight is 283 g/mol. The number of ether oxygens (including phenoxy) is 1. The molecule has 0 heterocycles. The van der Waals surface area contributed by atoms with E-state index >= 15 is 0 Å². The summed E-state index contributed by atoms with van der Waals surface area (Å²) < 4.78 is 5.71. The Kier molecular flexibility index (Phi) is 5.82. The smallest absolute Gasteiger partial charge is 0.119 e. The fourth-order valence-electron chi connectivity index (χ4n) is 2.20. The maximum Gasteiger partial charge on any atom is 0.119 e. The van der Waals surface area contributed by atoms with E-state index in [0.717, 1.165) is 18.8 Å². The normalized spacial score (nSPS) is 10.9. The van der Waals surface area contributed by atoms with Crippen LogP contribution in [0.15, 0.2) is 48.5 Å². The van der Waals surface area contributed by atoms with E-state index in [1.807, 2.05) is 12.1 Å². The number of aryl methyl sites for hydroxylation is 1. The van der Waals surface area contributed by atoms with Crippen LogP contribution < -0.4 is 10.1 Å². The van der Waals surface area contributed by atoms with Crippen molar-refractivity contribution >= 4 is 0 Å². The van der Waals surface area contributed by atoms with Crippen LogP contribution in [0, 0.1) is 6.92 Å². The van der Waals surface area contributed by atoms with Gasteiger partial charge in [-0.15, -0.1) is 0 Å². The maximum atomic E-state index is 5.71. The third-order valence-corrected chi connectivity index (χ3v) is 3.51. The van der Waals surface area contributed by atoms with Crippen LogP contribution in [0.4, 0.5) is 0 Å². The van der Waals surface area contributed by atoms with Gasteiger partial charge in [0.05, 0.1) is 0 Å². The van der Waals surface area contributed by atoms with Crippen LogP contribution in [0.3, 0.4) is 0 Å². The number of hydrogen-bond acceptors (Lipinski definition) is 2. The van der Waals surface area contributed by atoms with Crippen LogP contribution in [0.1, 0.15) is 36.5 Å². The molecule has 2 aromatic rings. The highest BCUT2D eigenvalue weighted by molar-refractivity contribution is 5.27. The number of hydrogen-bond donors (Lipinski definition) is 1. The van der Waals surface area contributed by atoms with Crippen molar-refractivity contribution in [2.45, 2.75) is 33.2 Å². The van der Waals surface area contributed by atoms with Crippen molar-refractivity contribution in [3.63, 3.8) is 0 Å². The molecule has 0 spiro atoms. The molecule has 0 aromatic heterocycles. The van der Waals surface area contributed by atoms with Crippen LogP contribution in [0.5, 0.6) is 5.75 Å². The van der Waals surface area contributed by atoms with Gasteiger partial charge in [0.25, 0.3) is 0 Å². The quantitative estimate of drug-likeness (QED) is 0.765. The summed E-state index contributed by atoms with van der Waals surface area (Å²) in [6.07, 6.45) is 0. The van der Waals surface area contributed by atoms with E-state index in [4.69, 9.17) is 4.74 Å². The molecule has 112 valence electrons. The van der Waals surface area contributed by atoms with E-state index in [1.165, 1.54) is 16.7 Å². The van der Waals surface area contributed by atoms with Crippen LogP contribution in [-0.4, -0.2) is 13.2 Å². The summed E-state index contributed by atoms with van der Waals surface area (Å²) in [6, 6.07) is 17.0. The van der Waals surface area contributed by atoms with Gasteiger partial charge in [-0.1, -0.05) is 50.2 Å². The average Bonchev–Trinajstić information content (AvgIpc) is 2.47. The highest BCUT2D eigenvalue weighted by Crippen LogP contribution is 2.14. The summed E-state index contributed by atoms with van der Waals surface area (Å²) in [7, 11) is 0. The molecule has 0 bridgehead atoms. The molecular formula is C19H25NO. The van der Waals surface area contributed by atoms with Crippen LogP contribution in [0.2, 0.25) is 0 Å². The number of benzene rings is 2. The lowest BCUT2D eigenvalue weighted by Gasteiger charge is -2.09. The zero-order chi connectivity index (χ0) is 15.1. The van der Waals surface area contributed by atoms with Gasteiger partial charge in [0, 0.05) is 13.1 Å². The third kappa shape index (κ3) is 5.24. The van der Waals surface area contributed by atoms with Crippen LogP contribution in [0.25, 0.3) is 0 Å². The monoisotopic (exact) mass is 283 g/mol. The van der Waals surface area contributed by atoms with E-state index in [9.17, 15) is 0 Å². The fourth-order valence-corrected chi connectivity index (χ4v) is 2.20. The molecule has 0 saturated carbocycles. The predicted molar refractivity (Wildman–Crippen MR) is 88.9 cm³/mol. The third-order valence-electron chi connectivity index (χ3n) is 3.51. The molecule has 21 heavy (non-hydrogen) atoms. The van der Waals surface area contributed by atoms with Crippen molar-refractivity contribution in [1.82, 2.24) is 5.32 Å². The molecule has 0 fully saturated rings. The molecule has 0 radical (unpaired) electrons. The lowest BCUT2D eigenvalue weighted by Crippen LogP contribution is -2.20. The van der Waals surface area contributed by atoms with Crippen molar-refractivity contribution in [2.24, 2.45) is 0 Å². The summed E-state index contributed by atoms with van der Waals surface area (Å²) in [5.41, 5.74) is 3.93. The van der Waals surface area contributed by atoms with Gasteiger partial charge in [-0.25, -0.2) is 0 Å². The Bertz CT molecular complexity index is 546. The van der Waals surface area contributed by atoms with Crippen LogP contribution in [-0.2, 0) is 6.54 Å². The molecule has 0 saturated heterocycles. The minimum Gasteiger partial charge on any atom is -0.492 e. The first-order valence-corrected chi connectivity index (χ1v) is 7.64. The van der Waals surface area contributed by atoms with Gasteiger partial charge in [-0.05, 0) is 41.7 Å². The fraction of sp³-hybridized carbons (Fsp3) is 0.368. The molecule has 0 aliphatic heterocycles. The first-order chi connectivity index (χ1) is 10.1. The highest BCUT2D eigenvalue weighted by Gasteiger charge is 1.99. The maximum absolute atomic E-state index is 5.71. The van der Waals surface area contributed by atoms with Crippen molar-refractivity contribution < 1.29 is 4.74 Å². The number of rotatable bonds is 7. The van der Waals surface area contributed by atoms with Gasteiger partial charge in [0.15, 0.2) is 0 Å². The Morgan fingerprint density at radius 2 is 1.81 bits per heavy atom. The molecule has 2 rings (SSSR count). The molecule has 0 aliphatic carbocycles. The molecule has 2 heteroatoms. The molecule has 0 aliphatic rings. The molecule has 0 amide bonds. The van der Waals surface area contributed by atoms with E-state index in [0.29, 0.717) is 12.5 Å². The first-order valence-electron chi connectivity index (χ1n) is 7.64. The van der Waals surface area contributed by atoms with Crippen molar-refractivity contribution in [3.05, 3.63) is 65.2 Å². The topological polar surface area (TPSA) is 21.3 Å². The molecule has 2 aromatic carbocycles. The van der Waals surface area contributed by atoms with E-state index < -0.39 is 0 Å². The highest BCUT2D eigenvalue weighted by atomic mass is 16.5. The zero-order valence-corrected chi connectivity index (χ0v) is 13.2. The summed E-state index contributed by atoms with van der Waals surface area (Å²) in [4.78, 5) is 0. The molecule has 0 unspecified atom stereocenters. The molecule has 2 nitrogen and oxygen atoms in total. The Hall–Kier alpha value is -1.80. The second-order valence-corrected chi connectivity index (χ2v) is 5.74. The molecule has 0 atom stereocenters. The predicted octanol–water partition coefficient (Wildman–Crippen LogP) is 4.29. The Morgan fingerprint density at radius 1 is 1.05 bits per heavy atom. The minimum atomic E-state index is 0.592. The van der Waals surface area contributed by atoms with Gasteiger partial charge in [0.2, 0.25) is 0 Å². The second kappa shape index (κ2) is 7.84. The van der Waals surface area contributed by atoms with Gasteiger partial charge in [-0.2, -0.15) is 0 Å². The van der Waals surface area contributed by atoms with E-state index in [-0.39, 0.29) is 0 Å². The van der Waals surface area contributed by atoms with Crippen LogP contribution >= 0.6 is 0 Å². The van der Waals surface area contributed by atoms with Gasteiger partial charge in [-0.3, -0.25) is 0 Å². The van der Waals surface area contributed by atoms with Crippen molar-refractivity contribution in [1.29, 1.82) is 0 Å². The van der Waals surface area contributed by atoms with E-state index in [2.05, 4.69) is 62.5 Å². The van der Waals surface area contributed by atoms with Gasteiger partial charge >= 0.3 is 0 Å². The zero-order valence-electron chi connectivity index (χ0n) is 13.2. The lowest BCUT2D eigenvalue weighted by atomic mass is 10.0. The Balaban J connectivity index is 1.67. The SMILES string of the molecule is Cc1cccc(OCCNCc2ccc(C(C)C)cc2)c1. The van der Waals surface area contributed by atoms with Crippen molar-refractivity contribution in [3.8, 4) is 5.75 Å². The molecule has 1 N–H and O–H groups in total.